The van der Waals surface area contributed by atoms with Gasteiger partial charge >= 0.3 is 0 Å². The lowest BCUT2D eigenvalue weighted by Crippen LogP contribution is -2.13. The molecule has 0 atom stereocenters. The Morgan fingerprint density at radius 1 is 1.05 bits per heavy atom. The van der Waals surface area contributed by atoms with Crippen LogP contribution in [-0.2, 0) is 0 Å². The number of hydrogen-bond acceptors (Lipinski definition) is 4. The molecule has 2 aromatic carbocycles. The van der Waals surface area contributed by atoms with E-state index in [1.807, 2.05) is 105 Å². The van der Waals surface area contributed by atoms with Gasteiger partial charge in [0.1, 0.15) is 22.9 Å². The van der Waals surface area contributed by atoms with Gasteiger partial charge in [-0.1, -0.05) is 35.9 Å². The van der Waals surface area contributed by atoms with Gasteiger partial charge in [-0.3, -0.25) is 4.79 Å². The standard InChI is InChI=1S/C31H31N3O3/c1-6-8-25(15-10-21(2)3)37-29-19-26(36-5)16-17-27(29)31(35)32-24-13-11-23(12-14-24)28-20-34-18-7-9-22(4)30(34)33-28/h6-20H,1-5H3,(H,32,35)/b8-6-,25-15+. The first-order valence-electron chi connectivity index (χ1n) is 12.1. The van der Waals surface area contributed by atoms with Gasteiger partial charge in [-0.2, -0.15) is 0 Å². The molecule has 0 aliphatic rings. The van der Waals surface area contributed by atoms with Crippen LogP contribution in [0.5, 0.6) is 11.5 Å². The van der Waals surface area contributed by atoms with Gasteiger partial charge in [0, 0.05) is 29.7 Å². The van der Waals surface area contributed by atoms with E-state index in [1.165, 1.54) is 0 Å². The van der Waals surface area contributed by atoms with Gasteiger partial charge < -0.3 is 19.2 Å². The highest BCUT2D eigenvalue weighted by atomic mass is 16.5. The Morgan fingerprint density at radius 3 is 2.51 bits per heavy atom. The maximum Gasteiger partial charge on any atom is 0.259 e. The molecular weight excluding hydrogens is 462 g/mol. The number of anilines is 1. The van der Waals surface area contributed by atoms with Crippen molar-refractivity contribution in [3.63, 3.8) is 0 Å². The second-order valence-corrected chi connectivity index (χ2v) is 8.86. The van der Waals surface area contributed by atoms with Crippen molar-refractivity contribution in [1.29, 1.82) is 0 Å². The highest BCUT2D eigenvalue weighted by Gasteiger charge is 2.16. The summed E-state index contributed by atoms with van der Waals surface area (Å²) < 4.78 is 13.5. The molecule has 0 aliphatic carbocycles. The quantitative estimate of drug-likeness (QED) is 0.205. The van der Waals surface area contributed by atoms with Crippen LogP contribution in [0.4, 0.5) is 5.69 Å². The molecule has 0 unspecified atom stereocenters. The zero-order valence-corrected chi connectivity index (χ0v) is 21.8. The number of pyridine rings is 1. The van der Waals surface area contributed by atoms with Gasteiger partial charge in [0.05, 0.1) is 18.4 Å². The number of benzene rings is 2. The minimum atomic E-state index is -0.282. The van der Waals surface area contributed by atoms with E-state index in [2.05, 4.69) is 5.32 Å². The maximum absolute atomic E-state index is 13.3. The summed E-state index contributed by atoms with van der Waals surface area (Å²) >= 11 is 0. The number of methoxy groups -OCH3 is 1. The maximum atomic E-state index is 13.3. The fraction of sp³-hybridized carbons (Fsp3) is 0.161. The number of rotatable bonds is 8. The molecule has 0 bridgehead atoms. The second kappa shape index (κ2) is 11.4. The molecule has 1 N–H and O–H groups in total. The minimum Gasteiger partial charge on any atom is -0.497 e. The van der Waals surface area contributed by atoms with Crippen molar-refractivity contribution in [2.75, 3.05) is 12.4 Å². The summed E-state index contributed by atoms with van der Waals surface area (Å²) in [4.78, 5) is 18.0. The number of allylic oxidation sites excluding steroid dienone is 5. The van der Waals surface area contributed by atoms with Crippen LogP contribution in [0.2, 0.25) is 0 Å². The summed E-state index contributed by atoms with van der Waals surface area (Å²) in [5.41, 5.74) is 6.09. The Morgan fingerprint density at radius 2 is 1.84 bits per heavy atom. The van der Waals surface area contributed by atoms with Crippen LogP contribution in [0.3, 0.4) is 0 Å². The number of amides is 1. The summed E-state index contributed by atoms with van der Waals surface area (Å²) in [6.07, 6.45) is 11.6. The lowest BCUT2D eigenvalue weighted by Gasteiger charge is -2.14. The van der Waals surface area contributed by atoms with Crippen LogP contribution in [-0.4, -0.2) is 22.4 Å². The van der Waals surface area contributed by atoms with Crippen molar-refractivity contribution in [1.82, 2.24) is 9.38 Å². The summed E-state index contributed by atoms with van der Waals surface area (Å²) in [5, 5.41) is 2.97. The van der Waals surface area contributed by atoms with Gasteiger partial charge in [0.25, 0.3) is 5.91 Å². The zero-order valence-electron chi connectivity index (χ0n) is 21.8. The number of carbonyl (C=O) groups is 1. The second-order valence-electron chi connectivity index (χ2n) is 8.86. The lowest BCUT2D eigenvalue weighted by molar-refractivity contribution is 0.102. The van der Waals surface area contributed by atoms with Crippen molar-refractivity contribution < 1.29 is 14.3 Å². The summed E-state index contributed by atoms with van der Waals surface area (Å²) in [5.74, 6) is 1.33. The van der Waals surface area contributed by atoms with E-state index in [-0.39, 0.29) is 5.91 Å². The van der Waals surface area contributed by atoms with Crippen molar-refractivity contribution in [3.8, 4) is 22.8 Å². The third kappa shape index (κ3) is 6.16. The molecule has 6 heteroatoms. The smallest absolute Gasteiger partial charge is 0.259 e. The number of fused-ring (bicyclic) bond motifs is 1. The number of aryl methyl sites for hydroxylation is 1. The predicted octanol–water partition coefficient (Wildman–Crippen LogP) is 7.38. The Labute approximate surface area is 217 Å². The molecule has 2 heterocycles. The van der Waals surface area contributed by atoms with Gasteiger partial charge in [0.2, 0.25) is 0 Å². The third-order valence-electron chi connectivity index (χ3n) is 5.69. The summed E-state index contributed by atoms with van der Waals surface area (Å²) in [6, 6.07) is 16.8. The molecular formula is C31H31N3O3. The molecule has 4 aromatic rings. The summed E-state index contributed by atoms with van der Waals surface area (Å²) in [6.45, 7) is 7.97. The van der Waals surface area contributed by atoms with Crippen LogP contribution in [0, 0.1) is 6.92 Å². The van der Waals surface area contributed by atoms with Crippen molar-refractivity contribution >= 4 is 17.2 Å². The number of hydrogen-bond donors (Lipinski definition) is 1. The normalized spacial score (nSPS) is 11.5. The van der Waals surface area contributed by atoms with E-state index in [4.69, 9.17) is 14.5 Å². The first-order chi connectivity index (χ1) is 17.9. The molecule has 188 valence electrons. The SMILES string of the molecule is C/C=C\C(=C/C=C(C)C)Oc1cc(OC)ccc1C(=O)Nc1ccc(-c2cn3cccc(C)c3n2)cc1. The van der Waals surface area contributed by atoms with E-state index in [0.717, 1.165) is 28.0 Å². The first kappa shape index (κ1) is 25.5. The largest absolute Gasteiger partial charge is 0.497 e. The van der Waals surface area contributed by atoms with Crippen LogP contribution in [0.15, 0.2) is 103 Å². The predicted molar refractivity (Wildman–Crippen MR) is 149 cm³/mol. The number of aromatic nitrogens is 2. The number of ether oxygens (including phenoxy) is 2. The van der Waals surface area contributed by atoms with Gasteiger partial charge in [-0.25, -0.2) is 4.98 Å². The van der Waals surface area contributed by atoms with Crippen LogP contribution >= 0.6 is 0 Å². The van der Waals surface area contributed by atoms with Crippen molar-refractivity contribution in [2.24, 2.45) is 0 Å². The fourth-order valence-corrected chi connectivity index (χ4v) is 3.78. The number of nitrogens with one attached hydrogen (secondary N) is 1. The fourth-order valence-electron chi connectivity index (χ4n) is 3.78. The van der Waals surface area contributed by atoms with Gasteiger partial charge in [0.15, 0.2) is 0 Å². The molecule has 2 aromatic heterocycles. The van der Waals surface area contributed by atoms with E-state index in [9.17, 15) is 4.79 Å². The first-order valence-corrected chi connectivity index (χ1v) is 12.1. The molecule has 0 aliphatic heterocycles. The Hall–Kier alpha value is -4.58. The number of carbonyl (C=O) groups excluding carboxylic acids is 1. The Kier molecular flexibility index (Phi) is 7.89. The lowest BCUT2D eigenvalue weighted by atomic mass is 10.1. The summed E-state index contributed by atoms with van der Waals surface area (Å²) in [7, 11) is 1.58. The average Bonchev–Trinajstić information content (AvgIpc) is 3.33. The molecule has 0 radical (unpaired) electrons. The van der Waals surface area contributed by atoms with Crippen LogP contribution in [0.1, 0.15) is 36.7 Å². The Balaban J connectivity index is 1.57. The molecule has 4 rings (SSSR count). The van der Waals surface area contributed by atoms with Gasteiger partial charge in [-0.05, 0) is 75.7 Å². The van der Waals surface area contributed by atoms with Crippen molar-refractivity contribution in [3.05, 3.63) is 114 Å². The van der Waals surface area contributed by atoms with Crippen molar-refractivity contribution in [2.45, 2.75) is 27.7 Å². The molecule has 0 spiro atoms. The zero-order chi connectivity index (χ0) is 26.4. The highest BCUT2D eigenvalue weighted by molar-refractivity contribution is 6.06. The van der Waals surface area contributed by atoms with E-state index >= 15 is 0 Å². The molecule has 1 amide bonds. The van der Waals surface area contributed by atoms with Crippen LogP contribution in [0.25, 0.3) is 16.9 Å². The molecule has 0 fully saturated rings. The molecule has 0 saturated carbocycles. The van der Waals surface area contributed by atoms with Crippen LogP contribution < -0.4 is 14.8 Å². The van der Waals surface area contributed by atoms with Gasteiger partial charge in [-0.15, -0.1) is 0 Å². The average molecular weight is 494 g/mol. The number of nitrogens with zero attached hydrogens (tertiary/aromatic N) is 2. The third-order valence-corrected chi connectivity index (χ3v) is 5.69. The topological polar surface area (TPSA) is 64.9 Å². The van der Waals surface area contributed by atoms with E-state index in [0.29, 0.717) is 28.5 Å². The Bertz CT molecular complexity index is 1500. The van der Waals surface area contributed by atoms with E-state index < -0.39 is 0 Å². The highest BCUT2D eigenvalue weighted by Crippen LogP contribution is 2.28. The molecule has 37 heavy (non-hydrogen) atoms. The number of imidazole rings is 1. The minimum absolute atomic E-state index is 0.282. The monoisotopic (exact) mass is 493 g/mol. The van der Waals surface area contributed by atoms with E-state index in [1.54, 1.807) is 25.3 Å². The molecule has 6 nitrogen and oxygen atoms in total. The molecule has 0 saturated heterocycles.